The van der Waals surface area contributed by atoms with Gasteiger partial charge in [0.05, 0.1) is 23.6 Å². The van der Waals surface area contributed by atoms with Gasteiger partial charge in [-0.25, -0.2) is 14.3 Å². The topological polar surface area (TPSA) is 94.9 Å². The molecule has 0 spiro atoms. The molecule has 2 aromatic heterocycles. The van der Waals surface area contributed by atoms with Crippen molar-refractivity contribution in [3.63, 3.8) is 0 Å². The van der Waals surface area contributed by atoms with E-state index in [-0.39, 0.29) is 24.4 Å². The third kappa shape index (κ3) is 4.52. The summed E-state index contributed by atoms with van der Waals surface area (Å²) in [6, 6.07) is 4.03. The van der Waals surface area contributed by atoms with Crippen LogP contribution >= 0.6 is 11.6 Å². The van der Waals surface area contributed by atoms with Gasteiger partial charge < -0.3 is 20.4 Å². The molecular weight excluding hydrogens is 499 g/mol. The molecule has 3 amide bonds. The second-order valence-corrected chi connectivity index (χ2v) is 9.27. The number of nitrogens with one attached hydrogen (secondary N) is 2. The average molecular weight is 522 g/mol. The van der Waals surface area contributed by atoms with E-state index in [1.807, 2.05) is 4.90 Å². The first kappa shape index (κ1) is 24.2. The number of rotatable bonds is 4. The lowest BCUT2D eigenvalue weighted by molar-refractivity contribution is -0.175. The SMILES string of the molecule is CN(C(=O)N[C@@H]1CNC(=O)C1)[C@@H](c1ccc(N2CCCc3c2cnc2cc(Cl)nn32)cc1)C(F)(F)F. The van der Waals surface area contributed by atoms with E-state index in [4.69, 9.17) is 11.6 Å². The summed E-state index contributed by atoms with van der Waals surface area (Å²) in [6.45, 7) is 0.848. The molecular formula is C23H23ClF3N7O2. The zero-order valence-electron chi connectivity index (χ0n) is 19.2. The number of urea groups is 1. The van der Waals surface area contributed by atoms with E-state index >= 15 is 0 Å². The van der Waals surface area contributed by atoms with Crippen LogP contribution in [0.4, 0.5) is 29.3 Å². The summed E-state index contributed by atoms with van der Waals surface area (Å²) in [5.41, 5.74) is 2.98. The highest BCUT2D eigenvalue weighted by Gasteiger charge is 2.45. The monoisotopic (exact) mass is 521 g/mol. The van der Waals surface area contributed by atoms with E-state index in [1.54, 1.807) is 28.9 Å². The van der Waals surface area contributed by atoms with Crippen LogP contribution in [-0.4, -0.2) is 63.8 Å². The molecule has 0 aliphatic carbocycles. The van der Waals surface area contributed by atoms with E-state index < -0.39 is 24.3 Å². The molecule has 13 heteroatoms. The van der Waals surface area contributed by atoms with Crippen LogP contribution < -0.4 is 15.5 Å². The Morgan fingerprint density at radius 2 is 2.06 bits per heavy atom. The van der Waals surface area contributed by atoms with Crippen molar-refractivity contribution in [1.29, 1.82) is 0 Å². The maximum atomic E-state index is 14.1. The van der Waals surface area contributed by atoms with Crippen molar-refractivity contribution in [1.82, 2.24) is 30.1 Å². The van der Waals surface area contributed by atoms with Gasteiger partial charge in [-0.1, -0.05) is 23.7 Å². The molecule has 0 unspecified atom stereocenters. The molecule has 0 radical (unpaired) electrons. The van der Waals surface area contributed by atoms with E-state index in [0.717, 1.165) is 31.3 Å². The number of halogens is 4. The number of fused-ring (bicyclic) bond motifs is 3. The Balaban J connectivity index is 1.40. The second kappa shape index (κ2) is 9.16. The normalized spacial score (nSPS) is 18.6. The fraction of sp³-hybridized carbons (Fsp3) is 0.391. The summed E-state index contributed by atoms with van der Waals surface area (Å²) in [5.74, 6) is -0.253. The maximum absolute atomic E-state index is 14.1. The van der Waals surface area contributed by atoms with Gasteiger partial charge >= 0.3 is 12.2 Å². The van der Waals surface area contributed by atoms with E-state index in [1.165, 1.54) is 12.1 Å². The van der Waals surface area contributed by atoms with Crippen molar-refractivity contribution in [2.75, 3.05) is 25.0 Å². The minimum atomic E-state index is -4.70. The number of alkyl halides is 3. The molecule has 0 bridgehead atoms. The first-order valence-corrected chi connectivity index (χ1v) is 11.8. The zero-order chi connectivity index (χ0) is 25.6. The number of hydrogen-bond donors (Lipinski definition) is 2. The number of hydrogen-bond acceptors (Lipinski definition) is 5. The fourth-order valence-electron chi connectivity index (χ4n) is 4.77. The summed E-state index contributed by atoms with van der Waals surface area (Å²) < 4.78 is 43.9. The van der Waals surface area contributed by atoms with Crippen LogP contribution in [0.25, 0.3) is 5.65 Å². The minimum absolute atomic E-state index is 0.0359. The highest BCUT2D eigenvalue weighted by Crippen LogP contribution is 2.39. The number of anilines is 2. The largest absolute Gasteiger partial charge is 0.413 e. The van der Waals surface area contributed by atoms with Crippen LogP contribution in [0.3, 0.4) is 0 Å². The van der Waals surface area contributed by atoms with E-state index in [2.05, 4.69) is 20.7 Å². The highest BCUT2D eigenvalue weighted by atomic mass is 35.5. The van der Waals surface area contributed by atoms with Gasteiger partial charge in [-0.05, 0) is 30.5 Å². The number of nitrogens with zero attached hydrogens (tertiary/aromatic N) is 5. The van der Waals surface area contributed by atoms with Crippen LogP contribution in [0.15, 0.2) is 36.5 Å². The Morgan fingerprint density at radius 1 is 1.31 bits per heavy atom. The first-order chi connectivity index (χ1) is 17.1. The van der Waals surface area contributed by atoms with Gasteiger partial charge in [0.25, 0.3) is 0 Å². The Hall–Kier alpha value is -3.54. The van der Waals surface area contributed by atoms with Crippen LogP contribution in [0, 0.1) is 0 Å². The van der Waals surface area contributed by atoms with Crippen molar-refractivity contribution in [2.24, 2.45) is 0 Å². The molecule has 2 N–H and O–H groups in total. The Morgan fingerprint density at radius 3 is 2.72 bits per heavy atom. The summed E-state index contributed by atoms with van der Waals surface area (Å²) in [6.07, 6.45) is -1.37. The lowest BCUT2D eigenvalue weighted by atomic mass is 10.0. The van der Waals surface area contributed by atoms with Gasteiger partial charge in [0.15, 0.2) is 16.8 Å². The van der Waals surface area contributed by atoms with Gasteiger partial charge in [-0.15, -0.1) is 0 Å². The Labute approximate surface area is 209 Å². The quantitative estimate of drug-likeness (QED) is 0.547. The molecule has 1 aromatic carbocycles. The number of amides is 3. The third-order valence-corrected chi connectivity index (χ3v) is 6.65. The zero-order valence-corrected chi connectivity index (χ0v) is 20.0. The van der Waals surface area contributed by atoms with Crippen LogP contribution in [0.2, 0.25) is 5.15 Å². The first-order valence-electron chi connectivity index (χ1n) is 11.4. The van der Waals surface area contributed by atoms with Gasteiger partial charge in [0, 0.05) is 38.3 Å². The predicted molar refractivity (Wildman–Crippen MR) is 126 cm³/mol. The molecule has 1 fully saturated rings. The lowest BCUT2D eigenvalue weighted by Gasteiger charge is -2.33. The summed E-state index contributed by atoms with van der Waals surface area (Å²) in [7, 11) is 1.10. The van der Waals surface area contributed by atoms with Gasteiger partial charge in [-0.2, -0.15) is 18.3 Å². The van der Waals surface area contributed by atoms with Gasteiger partial charge in [0.2, 0.25) is 5.91 Å². The Bertz CT molecular complexity index is 1310. The van der Waals surface area contributed by atoms with Gasteiger partial charge in [0.1, 0.15) is 0 Å². The summed E-state index contributed by atoms with van der Waals surface area (Å²) >= 11 is 6.04. The molecule has 5 rings (SSSR count). The third-order valence-electron chi connectivity index (χ3n) is 6.46. The molecule has 3 aromatic rings. The summed E-state index contributed by atoms with van der Waals surface area (Å²) in [4.78, 5) is 30.9. The molecule has 9 nitrogen and oxygen atoms in total. The van der Waals surface area contributed by atoms with E-state index in [0.29, 0.717) is 27.9 Å². The molecule has 36 heavy (non-hydrogen) atoms. The fourth-order valence-corrected chi connectivity index (χ4v) is 4.94. The Kier molecular flexibility index (Phi) is 6.15. The highest BCUT2D eigenvalue weighted by molar-refractivity contribution is 6.29. The average Bonchev–Trinajstić information content (AvgIpc) is 3.42. The van der Waals surface area contributed by atoms with Crippen LogP contribution in [0.1, 0.15) is 30.1 Å². The van der Waals surface area contributed by atoms with E-state index in [9.17, 15) is 22.8 Å². The lowest BCUT2D eigenvalue weighted by Crippen LogP contribution is -2.48. The smallest absolute Gasteiger partial charge is 0.354 e. The van der Waals surface area contributed by atoms with Crippen molar-refractivity contribution in [2.45, 2.75) is 37.5 Å². The molecule has 2 atom stereocenters. The van der Waals surface area contributed by atoms with Gasteiger partial charge in [-0.3, -0.25) is 4.79 Å². The number of aromatic nitrogens is 3. The number of benzene rings is 1. The molecule has 4 heterocycles. The molecule has 190 valence electrons. The molecule has 1 saturated heterocycles. The molecule has 2 aliphatic heterocycles. The molecule has 0 saturated carbocycles. The maximum Gasteiger partial charge on any atom is 0.413 e. The molecule has 2 aliphatic rings. The van der Waals surface area contributed by atoms with Crippen LogP contribution in [-0.2, 0) is 11.2 Å². The van der Waals surface area contributed by atoms with Crippen LogP contribution in [0.5, 0.6) is 0 Å². The predicted octanol–water partition coefficient (Wildman–Crippen LogP) is 3.60. The van der Waals surface area contributed by atoms with Crippen molar-refractivity contribution in [3.05, 3.63) is 52.9 Å². The standard InChI is InChI=1S/C23H23ClF3N7O2/c1-32(22(36)30-14-9-20(35)29-11-14)21(23(25,26)27)13-4-6-15(7-5-13)33-8-2-3-16-17(33)12-28-19-10-18(24)31-34(16)19/h4-7,10,12,14,21H,2-3,8-9,11H2,1H3,(H,29,35)(H,30,36)/t14-,21-/m0/s1. The number of carbonyl (C=O) groups excluding carboxylic acids is 2. The summed E-state index contributed by atoms with van der Waals surface area (Å²) in [5, 5.41) is 9.67. The minimum Gasteiger partial charge on any atom is -0.354 e. The van der Waals surface area contributed by atoms with Crippen molar-refractivity contribution < 1.29 is 22.8 Å². The number of aryl methyl sites for hydroxylation is 1. The number of carbonyl (C=O) groups is 2. The second-order valence-electron chi connectivity index (χ2n) is 8.88. The van der Waals surface area contributed by atoms with Crippen molar-refractivity contribution >= 4 is 40.6 Å². The van der Waals surface area contributed by atoms with Crippen molar-refractivity contribution in [3.8, 4) is 0 Å².